The highest BCUT2D eigenvalue weighted by Gasteiger charge is 2.40. The van der Waals surface area contributed by atoms with Crippen molar-refractivity contribution in [2.45, 2.75) is 13.0 Å². The Hall–Kier alpha value is -3.93. The van der Waals surface area contributed by atoms with Gasteiger partial charge in [-0.3, -0.25) is 4.79 Å². The SMILES string of the molecule is C=C1Nc2ncnn2[C@@H](c2cccc3ccccc23)[C@@H]1C(=O)Nc1ccccc1C. The molecule has 0 radical (unpaired) electrons. The van der Waals surface area contributed by atoms with E-state index in [1.807, 2.05) is 55.5 Å². The number of rotatable bonds is 3. The standard InChI is InChI=1S/C24H21N5O/c1-15-8-3-6-13-20(15)28-23(30)21-16(2)27-24-25-14-26-29(24)22(21)19-12-7-10-17-9-4-5-11-18(17)19/h3-14,21-22H,2H2,1H3,(H,28,30)(H,25,26,27)/t21-,22+/m1/s1. The monoisotopic (exact) mass is 395 g/mol. The van der Waals surface area contributed by atoms with Gasteiger partial charge >= 0.3 is 0 Å². The van der Waals surface area contributed by atoms with Gasteiger partial charge in [-0.05, 0) is 34.9 Å². The number of aromatic nitrogens is 3. The van der Waals surface area contributed by atoms with Gasteiger partial charge in [-0.25, -0.2) is 4.68 Å². The summed E-state index contributed by atoms with van der Waals surface area (Å²) < 4.78 is 1.78. The Bertz CT molecular complexity index is 1270. The third kappa shape index (κ3) is 2.93. The van der Waals surface area contributed by atoms with E-state index in [4.69, 9.17) is 0 Å². The van der Waals surface area contributed by atoms with Crippen molar-refractivity contribution < 1.29 is 4.79 Å². The maximum Gasteiger partial charge on any atom is 0.235 e. The van der Waals surface area contributed by atoms with Gasteiger partial charge in [0.25, 0.3) is 0 Å². The van der Waals surface area contributed by atoms with Crippen LogP contribution in [-0.4, -0.2) is 20.7 Å². The fourth-order valence-electron chi connectivity index (χ4n) is 4.14. The second kappa shape index (κ2) is 7.15. The number of aryl methyl sites for hydroxylation is 1. The lowest BCUT2D eigenvalue weighted by atomic mass is 9.86. The van der Waals surface area contributed by atoms with Crippen LogP contribution in [0.5, 0.6) is 0 Å². The summed E-state index contributed by atoms with van der Waals surface area (Å²) >= 11 is 0. The van der Waals surface area contributed by atoms with Crippen LogP contribution in [0.25, 0.3) is 10.8 Å². The number of benzene rings is 3. The molecule has 30 heavy (non-hydrogen) atoms. The number of carbonyl (C=O) groups is 1. The van der Waals surface area contributed by atoms with Crippen molar-refractivity contribution in [3.05, 3.63) is 96.5 Å². The van der Waals surface area contributed by atoms with Crippen LogP contribution in [0.2, 0.25) is 0 Å². The molecule has 2 N–H and O–H groups in total. The maximum absolute atomic E-state index is 13.5. The van der Waals surface area contributed by atoms with Gasteiger partial charge in [-0.1, -0.05) is 67.2 Å². The first-order chi connectivity index (χ1) is 14.6. The number of nitrogens with zero attached hydrogens (tertiary/aromatic N) is 3. The molecule has 6 heteroatoms. The van der Waals surface area contributed by atoms with E-state index in [-0.39, 0.29) is 11.9 Å². The normalized spacial score (nSPS) is 18.0. The Kier molecular flexibility index (Phi) is 4.32. The highest BCUT2D eigenvalue weighted by Crippen LogP contribution is 2.40. The molecule has 1 amide bonds. The predicted octanol–water partition coefficient (Wildman–Crippen LogP) is 4.52. The van der Waals surface area contributed by atoms with Gasteiger partial charge in [0.1, 0.15) is 12.2 Å². The molecular weight excluding hydrogens is 374 g/mol. The summed E-state index contributed by atoms with van der Waals surface area (Å²) in [5.41, 5.74) is 3.40. The van der Waals surface area contributed by atoms with Crippen LogP contribution in [0.15, 0.2) is 85.3 Å². The molecule has 0 bridgehead atoms. The van der Waals surface area contributed by atoms with Gasteiger partial charge in [0.15, 0.2) is 0 Å². The van der Waals surface area contributed by atoms with E-state index in [0.29, 0.717) is 11.6 Å². The maximum atomic E-state index is 13.5. The number of anilines is 2. The topological polar surface area (TPSA) is 71.8 Å². The van der Waals surface area contributed by atoms with Gasteiger partial charge in [-0.2, -0.15) is 10.1 Å². The van der Waals surface area contributed by atoms with Crippen LogP contribution in [0.3, 0.4) is 0 Å². The second-order valence-electron chi connectivity index (χ2n) is 7.47. The molecule has 148 valence electrons. The van der Waals surface area contributed by atoms with Gasteiger partial charge in [0.05, 0.1) is 6.04 Å². The van der Waals surface area contributed by atoms with E-state index in [1.54, 1.807) is 4.68 Å². The van der Waals surface area contributed by atoms with Crippen molar-refractivity contribution in [3.63, 3.8) is 0 Å². The zero-order valence-corrected chi connectivity index (χ0v) is 16.5. The molecule has 0 spiro atoms. The number of hydrogen-bond donors (Lipinski definition) is 2. The van der Waals surface area contributed by atoms with E-state index in [2.05, 4.69) is 45.5 Å². The molecule has 4 aromatic rings. The summed E-state index contributed by atoms with van der Waals surface area (Å²) in [6.45, 7) is 6.14. The smallest absolute Gasteiger partial charge is 0.235 e. The molecule has 1 aliphatic heterocycles. The molecular formula is C24H21N5O. The molecule has 2 heterocycles. The Morgan fingerprint density at radius 3 is 2.70 bits per heavy atom. The molecule has 1 aliphatic rings. The summed E-state index contributed by atoms with van der Waals surface area (Å²) in [6, 6.07) is 21.7. The first-order valence-corrected chi connectivity index (χ1v) is 9.83. The van der Waals surface area contributed by atoms with Crippen molar-refractivity contribution in [3.8, 4) is 0 Å². The van der Waals surface area contributed by atoms with Crippen LogP contribution >= 0.6 is 0 Å². The van der Waals surface area contributed by atoms with Gasteiger partial charge < -0.3 is 10.6 Å². The van der Waals surface area contributed by atoms with Crippen LogP contribution in [0, 0.1) is 12.8 Å². The number of nitrogens with one attached hydrogen (secondary N) is 2. The predicted molar refractivity (Wildman–Crippen MR) is 118 cm³/mol. The van der Waals surface area contributed by atoms with Crippen LogP contribution in [0.1, 0.15) is 17.2 Å². The lowest BCUT2D eigenvalue weighted by molar-refractivity contribution is -0.119. The lowest BCUT2D eigenvalue weighted by Crippen LogP contribution is -2.39. The Balaban J connectivity index is 1.64. The first kappa shape index (κ1) is 18.1. The Labute approximate surface area is 174 Å². The summed E-state index contributed by atoms with van der Waals surface area (Å²) in [4.78, 5) is 17.8. The molecule has 0 unspecified atom stereocenters. The fraction of sp³-hybridized carbons (Fsp3) is 0.125. The van der Waals surface area contributed by atoms with E-state index in [9.17, 15) is 4.79 Å². The number of carbonyl (C=O) groups excluding carboxylic acids is 1. The zero-order valence-electron chi connectivity index (χ0n) is 16.5. The van der Waals surface area contributed by atoms with Gasteiger partial charge in [-0.15, -0.1) is 0 Å². The summed E-state index contributed by atoms with van der Waals surface area (Å²) in [5, 5.41) is 12.9. The minimum atomic E-state index is -0.565. The number of hydrogen-bond acceptors (Lipinski definition) is 4. The van der Waals surface area contributed by atoms with Crippen LogP contribution in [0.4, 0.5) is 11.6 Å². The van der Waals surface area contributed by atoms with E-state index >= 15 is 0 Å². The first-order valence-electron chi connectivity index (χ1n) is 9.83. The third-order valence-corrected chi connectivity index (χ3v) is 5.63. The highest BCUT2D eigenvalue weighted by atomic mass is 16.2. The average molecular weight is 395 g/mol. The number of fused-ring (bicyclic) bond motifs is 2. The third-order valence-electron chi connectivity index (χ3n) is 5.63. The van der Waals surface area contributed by atoms with Crippen LogP contribution in [-0.2, 0) is 4.79 Å². The zero-order chi connectivity index (χ0) is 20.7. The fourth-order valence-corrected chi connectivity index (χ4v) is 4.14. The van der Waals surface area contributed by atoms with Gasteiger partial charge in [0, 0.05) is 11.4 Å². The van der Waals surface area contributed by atoms with Crippen molar-refractivity contribution >= 4 is 28.3 Å². The largest absolute Gasteiger partial charge is 0.328 e. The molecule has 1 aromatic heterocycles. The second-order valence-corrected chi connectivity index (χ2v) is 7.47. The van der Waals surface area contributed by atoms with E-state index in [0.717, 1.165) is 27.6 Å². The molecule has 0 saturated carbocycles. The summed E-state index contributed by atoms with van der Waals surface area (Å²) in [5.74, 6) is -0.122. The summed E-state index contributed by atoms with van der Waals surface area (Å²) in [7, 11) is 0. The minimum Gasteiger partial charge on any atom is -0.328 e. The summed E-state index contributed by atoms with van der Waals surface area (Å²) in [6.07, 6.45) is 1.50. The van der Waals surface area contributed by atoms with Crippen LogP contribution < -0.4 is 10.6 Å². The van der Waals surface area contributed by atoms with E-state index in [1.165, 1.54) is 6.33 Å². The average Bonchev–Trinajstić information content (AvgIpc) is 3.22. The van der Waals surface area contributed by atoms with Crippen molar-refractivity contribution in [1.82, 2.24) is 14.8 Å². The number of para-hydroxylation sites is 1. The van der Waals surface area contributed by atoms with Crippen molar-refractivity contribution in [1.29, 1.82) is 0 Å². The molecule has 0 aliphatic carbocycles. The lowest BCUT2D eigenvalue weighted by Gasteiger charge is -2.34. The van der Waals surface area contributed by atoms with Crippen molar-refractivity contribution in [2.75, 3.05) is 10.6 Å². The quantitative estimate of drug-likeness (QED) is 0.535. The van der Waals surface area contributed by atoms with Gasteiger partial charge in [0.2, 0.25) is 11.9 Å². The molecule has 2 atom stereocenters. The molecule has 0 fully saturated rings. The van der Waals surface area contributed by atoms with Crippen molar-refractivity contribution in [2.24, 2.45) is 5.92 Å². The molecule has 0 saturated heterocycles. The van der Waals surface area contributed by atoms with E-state index < -0.39 is 5.92 Å². The number of amides is 1. The molecule has 5 rings (SSSR count). The molecule has 3 aromatic carbocycles. The highest BCUT2D eigenvalue weighted by molar-refractivity contribution is 5.97. The Morgan fingerprint density at radius 2 is 1.83 bits per heavy atom. The minimum absolute atomic E-state index is 0.138. The molecule has 6 nitrogen and oxygen atoms in total. The Morgan fingerprint density at radius 1 is 1.07 bits per heavy atom.